The van der Waals surface area contributed by atoms with Gasteiger partial charge >= 0.3 is 11.9 Å². The highest BCUT2D eigenvalue weighted by molar-refractivity contribution is 5.83. The van der Waals surface area contributed by atoms with Crippen molar-refractivity contribution in [2.24, 2.45) is 5.73 Å². The van der Waals surface area contributed by atoms with Crippen molar-refractivity contribution in [1.29, 1.82) is 0 Å². The summed E-state index contributed by atoms with van der Waals surface area (Å²) in [6.07, 6.45) is 48.1. The Kier molecular flexibility index (Phi) is 34.3. The van der Waals surface area contributed by atoms with Crippen molar-refractivity contribution in [2.75, 3.05) is 6.54 Å². The van der Waals surface area contributed by atoms with E-state index < -0.39 is 12.0 Å². The monoisotopic (exact) mass is 695 g/mol. The normalized spacial score (nSPS) is 13.7. The zero-order chi connectivity index (χ0) is 36.8. The van der Waals surface area contributed by atoms with Gasteiger partial charge in [-0.2, -0.15) is 0 Å². The molecule has 0 aromatic carbocycles. The van der Waals surface area contributed by atoms with Crippen LogP contribution in [0.15, 0.2) is 85.1 Å². The molecule has 0 saturated carbocycles. The van der Waals surface area contributed by atoms with Gasteiger partial charge < -0.3 is 20.9 Å². The van der Waals surface area contributed by atoms with E-state index >= 15 is 0 Å². The first-order valence-electron chi connectivity index (χ1n) is 19.4. The molecular formula is C43H70N2O5. The molecule has 0 saturated heterocycles. The fourth-order valence-corrected chi connectivity index (χ4v) is 4.99. The Bertz CT molecular complexity index is 1050. The number of hydrogen-bond donors (Lipinski definition) is 3. The van der Waals surface area contributed by atoms with Gasteiger partial charge in [0.05, 0.1) is 0 Å². The van der Waals surface area contributed by atoms with E-state index in [1.165, 1.54) is 0 Å². The Balaban J connectivity index is 4.16. The van der Waals surface area contributed by atoms with E-state index in [1.54, 1.807) is 0 Å². The molecule has 50 heavy (non-hydrogen) atoms. The summed E-state index contributed by atoms with van der Waals surface area (Å²) in [5.41, 5.74) is 5.46. The topological polar surface area (TPSA) is 119 Å². The quantitative estimate of drug-likeness (QED) is 0.0357. The Morgan fingerprint density at radius 3 is 1.72 bits per heavy atom. The summed E-state index contributed by atoms with van der Waals surface area (Å²) < 4.78 is 5.82. The van der Waals surface area contributed by atoms with E-state index in [2.05, 4.69) is 98.2 Å². The second-order valence-electron chi connectivity index (χ2n) is 12.6. The number of unbranched alkanes of at least 4 members (excludes halogenated alkanes) is 7. The molecule has 4 N–H and O–H groups in total. The number of carboxylic acids is 1. The molecule has 282 valence electrons. The number of carbonyl (C=O) groups excluding carboxylic acids is 2. The van der Waals surface area contributed by atoms with Gasteiger partial charge in [-0.3, -0.25) is 9.59 Å². The van der Waals surface area contributed by atoms with E-state index in [0.29, 0.717) is 38.6 Å². The standard InChI is InChI=1S/C43H70N2O5/c1-3-5-7-9-10-11-12-13-14-15-16-17-18-19-20-21-22-23-24-25-31-37-42(47)50-39(33-28-8-6-4-2)34-29-26-27-30-36-41(46)45-40(43(48)49)35-32-38-44/h5,7,10-11,13-14,16-17,19-20,22-23,28,33,39-40H,3-4,6,8-9,12,15,18,21,24-27,29-32,34-38,44H2,1-2H3,(H,45,46)(H,48,49)/b7-5-,11-10-,14-13-,17-16-,20-19-,23-22-,33-28-. The van der Waals surface area contributed by atoms with Crippen molar-refractivity contribution in [3.63, 3.8) is 0 Å². The lowest BCUT2D eigenvalue weighted by atomic mass is 10.1. The van der Waals surface area contributed by atoms with Gasteiger partial charge in [0.25, 0.3) is 0 Å². The van der Waals surface area contributed by atoms with Crippen LogP contribution in [0.5, 0.6) is 0 Å². The average Bonchev–Trinajstić information content (AvgIpc) is 3.10. The SMILES string of the molecule is CC/C=C\C/C=C\C/C=C\C/C=C\C/C=C\C/C=C\CCCCC(=O)OC(/C=C\CCCC)CCCCCCC(=O)NC(CCCN)C(=O)O. The lowest BCUT2D eigenvalue weighted by Crippen LogP contribution is -2.40. The molecular weight excluding hydrogens is 624 g/mol. The lowest BCUT2D eigenvalue weighted by molar-refractivity contribution is -0.147. The van der Waals surface area contributed by atoms with Crippen LogP contribution >= 0.6 is 0 Å². The summed E-state index contributed by atoms with van der Waals surface area (Å²) in [6, 6.07) is -0.877. The molecule has 7 heteroatoms. The third kappa shape index (κ3) is 33.1. The minimum absolute atomic E-state index is 0.141. The van der Waals surface area contributed by atoms with Crippen LogP contribution in [-0.2, 0) is 19.1 Å². The van der Waals surface area contributed by atoms with Crippen LogP contribution in [0.1, 0.15) is 149 Å². The zero-order valence-corrected chi connectivity index (χ0v) is 31.5. The molecule has 0 aromatic rings. The van der Waals surface area contributed by atoms with Crippen LogP contribution in [-0.4, -0.2) is 41.6 Å². The molecule has 0 aliphatic rings. The number of aliphatic carboxylic acids is 1. The second-order valence-corrected chi connectivity index (χ2v) is 12.6. The van der Waals surface area contributed by atoms with Crippen LogP contribution in [0, 0.1) is 0 Å². The number of carbonyl (C=O) groups is 3. The van der Waals surface area contributed by atoms with Crippen molar-refractivity contribution in [1.82, 2.24) is 5.32 Å². The summed E-state index contributed by atoms with van der Waals surface area (Å²) in [7, 11) is 0. The van der Waals surface area contributed by atoms with E-state index in [4.69, 9.17) is 10.5 Å². The summed E-state index contributed by atoms with van der Waals surface area (Å²) in [4.78, 5) is 36.0. The maximum Gasteiger partial charge on any atom is 0.326 e. The van der Waals surface area contributed by atoms with E-state index in [-0.39, 0.29) is 18.0 Å². The molecule has 0 rings (SSSR count). The maximum absolute atomic E-state index is 12.6. The highest BCUT2D eigenvalue weighted by atomic mass is 16.5. The molecule has 0 fully saturated rings. The number of nitrogens with one attached hydrogen (secondary N) is 1. The summed E-state index contributed by atoms with van der Waals surface area (Å²) in [6.45, 7) is 4.71. The van der Waals surface area contributed by atoms with Gasteiger partial charge in [0.15, 0.2) is 0 Å². The van der Waals surface area contributed by atoms with Crippen LogP contribution in [0.2, 0.25) is 0 Å². The van der Waals surface area contributed by atoms with Crippen molar-refractivity contribution >= 4 is 17.8 Å². The fraction of sp³-hybridized carbons (Fsp3) is 0.605. The van der Waals surface area contributed by atoms with E-state index in [1.807, 2.05) is 6.08 Å². The Labute approximate surface area is 305 Å². The Morgan fingerprint density at radius 1 is 0.620 bits per heavy atom. The molecule has 0 aliphatic carbocycles. The fourth-order valence-electron chi connectivity index (χ4n) is 4.99. The number of amides is 1. The molecule has 0 heterocycles. The van der Waals surface area contributed by atoms with Crippen LogP contribution < -0.4 is 11.1 Å². The molecule has 0 aliphatic heterocycles. The molecule has 0 spiro atoms. The summed E-state index contributed by atoms with van der Waals surface area (Å²) in [5, 5.41) is 11.9. The van der Waals surface area contributed by atoms with Gasteiger partial charge in [-0.25, -0.2) is 4.79 Å². The first kappa shape index (κ1) is 46.5. The molecule has 7 nitrogen and oxygen atoms in total. The van der Waals surface area contributed by atoms with Gasteiger partial charge in [0.2, 0.25) is 5.91 Å². The molecule has 2 atom stereocenters. The summed E-state index contributed by atoms with van der Waals surface area (Å²) >= 11 is 0. The number of rotatable bonds is 33. The van der Waals surface area contributed by atoms with Gasteiger partial charge in [0.1, 0.15) is 12.1 Å². The number of allylic oxidation sites excluding steroid dienone is 13. The predicted octanol–water partition coefficient (Wildman–Crippen LogP) is 10.6. The van der Waals surface area contributed by atoms with Crippen LogP contribution in [0.3, 0.4) is 0 Å². The van der Waals surface area contributed by atoms with Crippen molar-refractivity contribution < 1.29 is 24.2 Å². The average molecular weight is 695 g/mol. The van der Waals surface area contributed by atoms with Crippen molar-refractivity contribution in [2.45, 2.75) is 161 Å². The van der Waals surface area contributed by atoms with Crippen molar-refractivity contribution in [3.8, 4) is 0 Å². The minimum atomic E-state index is -1.02. The first-order valence-corrected chi connectivity index (χ1v) is 19.4. The highest BCUT2D eigenvalue weighted by Gasteiger charge is 2.18. The van der Waals surface area contributed by atoms with Crippen LogP contribution in [0.4, 0.5) is 0 Å². The third-order valence-electron chi connectivity index (χ3n) is 7.93. The first-order chi connectivity index (χ1) is 24.4. The molecule has 0 radical (unpaired) electrons. The molecule has 2 unspecified atom stereocenters. The molecule has 1 amide bonds. The van der Waals surface area contributed by atoms with Crippen LogP contribution in [0.25, 0.3) is 0 Å². The van der Waals surface area contributed by atoms with Gasteiger partial charge in [0, 0.05) is 12.8 Å². The van der Waals surface area contributed by atoms with E-state index in [0.717, 1.165) is 103 Å². The number of esters is 1. The van der Waals surface area contributed by atoms with Gasteiger partial charge in [-0.1, -0.05) is 119 Å². The molecule has 0 bridgehead atoms. The number of nitrogens with two attached hydrogens (primary N) is 1. The zero-order valence-electron chi connectivity index (χ0n) is 31.5. The minimum Gasteiger partial charge on any atom is -0.480 e. The largest absolute Gasteiger partial charge is 0.480 e. The second kappa shape index (κ2) is 36.8. The van der Waals surface area contributed by atoms with Gasteiger partial charge in [-0.05, 0) is 109 Å². The maximum atomic E-state index is 12.6. The van der Waals surface area contributed by atoms with Gasteiger partial charge in [-0.15, -0.1) is 0 Å². The Morgan fingerprint density at radius 2 is 1.16 bits per heavy atom. The number of hydrogen-bond acceptors (Lipinski definition) is 5. The number of ether oxygens (including phenoxy) is 1. The summed E-state index contributed by atoms with van der Waals surface area (Å²) in [5.74, 6) is -1.40. The van der Waals surface area contributed by atoms with Crippen molar-refractivity contribution in [3.05, 3.63) is 85.1 Å². The number of carboxylic acid groups (broad SMARTS) is 1. The lowest BCUT2D eigenvalue weighted by Gasteiger charge is -2.15. The highest BCUT2D eigenvalue weighted by Crippen LogP contribution is 2.14. The molecule has 0 aromatic heterocycles. The predicted molar refractivity (Wildman–Crippen MR) is 211 cm³/mol. The van der Waals surface area contributed by atoms with E-state index in [9.17, 15) is 19.5 Å². The smallest absolute Gasteiger partial charge is 0.326 e. The third-order valence-corrected chi connectivity index (χ3v) is 7.93. The Hall–Kier alpha value is -3.45.